The van der Waals surface area contributed by atoms with E-state index in [1.807, 2.05) is 11.8 Å². The number of pyridine rings is 1. The minimum absolute atomic E-state index is 0.0207. The van der Waals surface area contributed by atoms with Gasteiger partial charge in [-0.1, -0.05) is 12.1 Å². The van der Waals surface area contributed by atoms with Gasteiger partial charge in [0, 0.05) is 43.7 Å². The van der Waals surface area contributed by atoms with Gasteiger partial charge in [-0.2, -0.15) is 18.4 Å². The van der Waals surface area contributed by atoms with Crippen molar-refractivity contribution < 1.29 is 17.6 Å². The summed E-state index contributed by atoms with van der Waals surface area (Å²) >= 11 is 0. The third-order valence-electron chi connectivity index (χ3n) is 7.35. The van der Waals surface area contributed by atoms with E-state index in [1.54, 1.807) is 12.1 Å². The zero-order chi connectivity index (χ0) is 24.0. The predicted molar refractivity (Wildman–Crippen MR) is 122 cm³/mol. The maximum atomic E-state index is 13.5. The van der Waals surface area contributed by atoms with Crippen LogP contribution in [0, 0.1) is 30.0 Å². The SMILES string of the molecule is Cc1c(C#N)c(N2CCN(CCC(F)(F)F)C(C3CC3)C2)nc(C2CC2)c1-c1ccc(F)cc1. The summed E-state index contributed by atoms with van der Waals surface area (Å²) in [5.74, 6) is 1.06. The Morgan fingerprint density at radius 3 is 2.38 bits per heavy atom. The van der Waals surface area contributed by atoms with Crippen LogP contribution in [0.15, 0.2) is 24.3 Å². The number of nitrogens with zero attached hydrogens (tertiary/aromatic N) is 4. The highest BCUT2D eigenvalue weighted by molar-refractivity contribution is 5.77. The molecule has 1 unspecified atom stereocenters. The molecule has 2 aromatic rings. The number of hydrogen-bond acceptors (Lipinski definition) is 4. The van der Waals surface area contributed by atoms with Gasteiger partial charge in [0.1, 0.15) is 17.7 Å². The zero-order valence-corrected chi connectivity index (χ0v) is 19.2. The number of anilines is 1. The van der Waals surface area contributed by atoms with E-state index in [2.05, 4.69) is 11.0 Å². The van der Waals surface area contributed by atoms with Crippen molar-refractivity contribution in [2.75, 3.05) is 31.1 Å². The Labute approximate surface area is 197 Å². The largest absolute Gasteiger partial charge is 0.390 e. The minimum atomic E-state index is -4.16. The molecular formula is C26H28F4N4. The number of rotatable bonds is 6. The van der Waals surface area contributed by atoms with Crippen molar-refractivity contribution in [3.05, 3.63) is 46.9 Å². The average molecular weight is 473 g/mol. The Morgan fingerprint density at radius 2 is 1.79 bits per heavy atom. The van der Waals surface area contributed by atoms with Gasteiger partial charge in [-0.3, -0.25) is 4.90 Å². The molecule has 5 rings (SSSR count). The molecule has 2 aliphatic carbocycles. The molecule has 34 heavy (non-hydrogen) atoms. The standard InChI is InChI=1S/C26H28F4N4/c1-16-21(14-31)25(32-24(19-4-5-19)23(16)18-6-8-20(27)9-7-18)34-13-12-33(11-10-26(28,29)30)22(15-34)17-2-3-17/h6-9,17,19,22H,2-5,10-13,15H2,1H3. The van der Waals surface area contributed by atoms with Crippen molar-refractivity contribution >= 4 is 5.82 Å². The fourth-order valence-corrected chi connectivity index (χ4v) is 5.22. The van der Waals surface area contributed by atoms with Gasteiger partial charge in [0.25, 0.3) is 0 Å². The Hall–Kier alpha value is -2.66. The van der Waals surface area contributed by atoms with E-state index in [0.29, 0.717) is 42.9 Å². The third-order valence-corrected chi connectivity index (χ3v) is 7.35. The van der Waals surface area contributed by atoms with Gasteiger partial charge in [0.05, 0.1) is 17.7 Å². The van der Waals surface area contributed by atoms with Gasteiger partial charge < -0.3 is 4.90 Å². The van der Waals surface area contributed by atoms with E-state index >= 15 is 0 Å². The predicted octanol–water partition coefficient (Wildman–Crippen LogP) is 5.80. The lowest BCUT2D eigenvalue weighted by atomic mass is 9.93. The Bertz CT molecular complexity index is 1100. The Balaban J connectivity index is 1.48. The van der Waals surface area contributed by atoms with Gasteiger partial charge in [0.15, 0.2) is 0 Å². The molecule has 0 spiro atoms. The molecule has 0 N–H and O–H groups in total. The third kappa shape index (κ3) is 4.76. The van der Waals surface area contributed by atoms with Crippen molar-refractivity contribution in [2.45, 2.75) is 57.2 Å². The smallest absolute Gasteiger partial charge is 0.353 e. The van der Waals surface area contributed by atoms with Gasteiger partial charge >= 0.3 is 6.18 Å². The van der Waals surface area contributed by atoms with Crippen molar-refractivity contribution in [1.29, 1.82) is 5.26 Å². The second-order valence-corrected chi connectivity index (χ2v) is 9.84. The zero-order valence-electron chi connectivity index (χ0n) is 19.2. The van der Waals surface area contributed by atoms with E-state index in [4.69, 9.17) is 4.98 Å². The highest BCUT2D eigenvalue weighted by Crippen LogP contribution is 2.47. The lowest BCUT2D eigenvalue weighted by Crippen LogP contribution is -2.55. The number of nitriles is 1. The van der Waals surface area contributed by atoms with E-state index in [-0.39, 0.29) is 18.4 Å². The highest BCUT2D eigenvalue weighted by Gasteiger charge is 2.41. The summed E-state index contributed by atoms with van der Waals surface area (Å²) in [6, 6.07) is 8.70. The topological polar surface area (TPSA) is 43.2 Å². The number of piperazine rings is 1. The summed E-state index contributed by atoms with van der Waals surface area (Å²) in [6.45, 7) is 3.60. The number of alkyl halides is 3. The van der Waals surface area contributed by atoms with E-state index in [0.717, 1.165) is 48.1 Å². The number of halogens is 4. The second kappa shape index (κ2) is 8.84. The molecular weight excluding hydrogens is 444 g/mol. The van der Waals surface area contributed by atoms with Gasteiger partial charge in [-0.05, 0) is 61.8 Å². The molecule has 1 atom stereocenters. The quantitative estimate of drug-likeness (QED) is 0.499. The maximum Gasteiger partial charge on any atom is 0.390 e. The molecule has 180 valence electrons. The summed E-state index contributed by atoms with van der Waals surface area (Å²) in [5.41, 5.74) is 4.04. The molecule has 1 saturated heterocycles. The summed E-state index contributed by atoms with van der Waals surface area (Å²) in [6.07, 6.45) is -0.822. The van der Waals surface area contributed by atoms with Gasteiger partial charge in [0.2, 0.25) is 0 Å². The molecule has 8 heteroatoms. The Morgan fingerprint density at radius 1 is 1.09 bits per heavy atom. The van der Waals surface area contributed by atoms with Crippen LogP contribution in [0.5, 0.6) is 0 Å². The number of hydrogen-bond donors (Lipinski definition) is 0. The first kappa shape index (κ1) is 23.1. The number of aromatic nitrogens is 1. The van der Waals surface area contributed by atoms with Crippen LogP contribution in [0.3, 0.4) is 0 Å². The average Bonchev–Trinajstić information content (AvgIpc) is 3.70. The molecule has 0 bridgehead atoms. The minimum Gasteiger partial charge on any atom is -0.353 e. The summed E-state index contributed by atoms with van der Waals surface area (Å²) < 4.78 is 52.1. The maximum absolute atomic E-state index is 13.5. The van der Waals surface area contributed by atoms with E-state index < -0.39 is 12.6 Å². The number of benzene rings is 1. The van der Waals surface area contributed by atoms with Crippen LogP contribution in [0.1, 0.15) is 54.8 Å². The molecule has 2 saturated carbocycles. The highest BCUT2D eigenvalue weighted by atomic mass is 19.4. The Kier molecular flexibility index (Phi) is 6.01. The molecule has 1 aliphatic heterocycles. The van der Waals surface area contributed by atoms with E-state index in [1.165, 1.54) is 12.1 Å². The first-order valence-electron chi connectivity index (χ1n) is 12.0. The molecule has 0 amide bonds. The monoisotopic (exact) mass is 472 g/mol. The van der Waals surface area contributed by atoms with Crippen LogP contribution < -0.4 is 4.90 Å². The van der Waals surface area contributed by atoms with Crippen molar-refractivity contribution in [1.82, 2.24) is 9.88 Å². The summed E-state index contributed by atoms with van der Waals surface area (Å²) in [4.78, 5) is 9.12. The van der Waals surface area contributed by atoms with Gasteiger partial charge in [-0.25, -0.2) is 9.37 Å². The molecule has 2 heterocycles. The van der Waals surface area contributed by atoms with Crippen LogP contribution in [0.25, 0.3) is 11.1 Å². The second-order valence-electron chi connectivity index (χ2n) is 9.84. The molecule has 4 nitrogen and oxygen atoms in total. The van der Waals surface area contributed by atoms with Crippen LogP contribution in [-0.4, -0.2) is 48.3 Å². The first-order chi connectivity index (χ1) is 16.2. The lowest BCUT2D eigenvalue weighted by Gasteiger charge is -2.43. The van der Waals surface area contributed by atoms with Gasteiger partial charge in [-0.15, -0.1) is 0 Å². The summed E-state index contributed by atoms with van der Waals surface area (Å²) in [7, 11) is 0. The molecule has 3 fully saturated rings. The lowest BCUT2D eigenvalue weighted by molar-refractivity contribution is -0.139. The van der Waals surface area contributed by atoms with Crippen molar-refractivity contribution in [3.8, 4) is 17.2 Å². The van der Waals surface area contributed by atoms with Crippen LogP contribution in [0.4, 0.5) is 23.4 Å². The van der Waals surface area contributed by atoms with Crippen LogP contribution >= 0.6 is 0 Å². The fraction of sp³-hybridized carbons (Fsp3) is 0.538. The normalized spacial score (nSPS) is 21.5. The first-order valence-corrected chi connectivity index (χ1v) is 12.0. The van der Waals surface area contributed by atoms with Crippen molar-refractivity contribution in [3.63, 3.8) is 0 Å². The van der Waals surface area contributed by atoms with Crippen LogP contribution in [-0.2, 0) is 0 Å². The molecule has 1 aromatic heterocycles. The molecule has 1 aromatic carbocycles. The molecule has 0 radical (unpaired) electrons. The fourth-order valence-electron chi connectivity index (χ4n) is 5.22. The molecule has 3 aliphatic rings. The van der Waals surface area contributed by atoms with Crippen molar-refractivity contribution in [2.24, 2.45) is 5.92 Å². The van der Waals surface area contributed by atoms with E-state index in [9.17, 15) is 22.8 Å². The summed E-state index contributed by atoms with van der Waals surface area (Å²) in [5, 5.41) is 10.1. The van der Waals surface area contributed by atoms with Crippen LogP contribution in [0.2, 0.25) is 0 Å².